The van der Waals surface area contributed by atoms with E-state index in [1.807, 2.05) is 65.7 Å². The molecule has 0 radical (unpaired) electrons. The maximum atomic E-state index is 11.8. The molecule has 1 aliphatic carbocycles. The van der Waals surface area contributed by atoms with Crippen LogP contribution in [0.15, 0.2) is 31.6 Å². The van der Waals surface area contributed by atoms with Gasteiger partial charge in [0.15, 0.2) is 11.6 Å². The molecule has 1 atom stereocenters. The molecule has 1 aliphatic rings. The molecule has 0 saturated heterocycles. The Morgan fingerprint density at radius 3 is 1.14 bits per heavy atom. The molecular weight excluding hydrogens is 1240 g/mol. The number of aromatic nitrogens is 10. The maximum absolute atomic E-state index is 11.8. The summed E-state index contributed by atoms with van der Waals surface area (Å²) in [4.78, 5) is 88.5. The van der Waals surface area contributed by atoms with Gasteiger partial charge in [0.2, 0.25) is 17.5 Å². The third-order valence-electron chi connectivity index (χ3n) is 10.0. The Morgan fingerprint density at radius 1 is 0.495 bits per heavy atom. The fourth-order valence-electron chi connectivity index (χ4n) is 6.58. The summed E-state index contributed by atoms with van der Waals surface area (Å²) >= 11 is 0. The molecule has 6 rings (SSSR count). The summed E-state index contributed by atoms with van der Waals surface area (Å²) in [5.41, 5.74) is 32.3. The number of anilines is 7. The van der Waals surface area contributed by atoms with Gasteiger partial charge in [0.1, 0.15) is 66.0 Å². The lowest BCUT2D eigenvalue weighted by Gasteiger charge is -2.15. The van der Waals surface area contributed by atoms with Gasteiger partial charge in [0, 0.05) is 81.5 Å². The number of nitrogens with one attached hydrogen (secondary N) is 2. The number of aryl methyl sites for hydroxylation is 3. The van der Waals surface area contributed by atoms with Crippen molar-refractivity contribution in [3.05, 3.63) is 90.3 Å². The Labute approximate surface area is 577 Å². The van der Waals surface area contributed by atoms with Crippen LogP contribution in [0, 0.1) is 135 Å². The van der Waals surface area contributed by atoms with Crippen LogP contribution in [0.2, 0.25) is 0 Å². The Balaban J connectivity index is -0.000000132. The largest absolute Gasteiger partial charge is 0.393 e. The van der Waals surface area contributed by atoms with Crippen molar-refractivity contribution in [2.75, 3.05) is 140 Å². The molecule has 0 fully saturated rings. The van der Waals surface area contributed by atoms with Crippen LogP contribution in [-0.2, 0) is 11.2 Å². The highest BCUT2D eigenvalue weighted by atomic mass is 16.6. The predicted octanol–water partition coefficient (Wildman–Crippen LogP) is 5.83. The average Bonchev–Trinajstić information content (AvgIpc) is 1.69. The second-order valence-electron chi connectivity index (χ2n) is 17.1. The number of carbonyl (C=O) groups excluding carboxylic acids is 1. The fourth-order valence-corrected chi connectivity index (χ4v) is 6.58. The van der Waals surface area contributed by atoms with Gasteiger partial charge in [-0.15, -0.1) is 6.42 Å². The molecule has 0 amide bonds. The number of Topliss-reactive ketones (excluding diaryl/α,β-unsaturated/α-hetero) is 1. The first kappa shape index (κ1) is 104. The highest BCUT2D eigenvalue weighted by molar-refractivity contribution is 5.93. The minimum atomic E-state index is -0.479. The molecule has 1 unspecified atom stereocenters. The van der Waals surface area contributed by atoms with Crippen LogP contribution in [-0.4, -0.2) is 175 Å². The lowest BCUT2D eigenvalue weighted by atomic mass is 10.0. The summed E-state index contributed by atoms with van der Waals surface area (Å²) in [7, 11) is 20.5. The first-order chi connectivity index (χ1) is 44.4. The van der Waals surface area contributed by atoms with E-state index in [0.29, 0.717) is 53.2 Å². The van der Waals surface area contributed by atoms with Crippen molar-refractivity contribution in [3.8, 4) is 83.4 Å². The molecule has 534 valence electrons. The van der Waals surface area contributed by atoms with Crippen molar-refractivity contribution >= 4 is 63.4 Å². The van der Waals surface area contributed by atoms with E-state index in [-0.39, 0.29) is 64.3 Å². The molecular formula is C65H107N25O7. The predicted molar refractivity (Wildman–Crippen MR) is 399 cm³/mol. The molecule has 0 saturated carbocycles. The van der Waals surface area contributed by atoms with Gasteiger partial charge < -0.3 is 64.6 Å². The number of hydrogen-bond donors (Lipinski definition) is 8. The van der Waals surface area contributed by atoms with E-state index in [1.54, 1.807) is 72.0 Å². The van der Waals surface area contributed by atoms with Crippen molar-refractivity contribution in [2.45, 2.75) is 104 Å². The van der Waals surface area contributed by atoms with E-state index in [0.717, 1.165) is 42.4 Å². The van der Waals surface area contributed by atoms with Crippen LogP contribution in [0.5, 0.6) is 0 Å². The van der Waals surface area contributed by atoms with E-state index in [9.17, 15) is 35.1 Å². The van der Waals surface area contributed by atoms with Crippen molar-refractivity contribution in [1.82, 2.24) is 49.8 Å². The third-order valence-corrected chi connectivity index (χ3v) is 10.0. The van der Waals surface area contributed by atoms with Gasteiger partial charge in [-0.1, -0.05) is 49.5 Å². The number of nitrogen functional groups attached to an aromatic ring is 1. The van der Waals surface area contributed by atoms with E-state index < -0.39 is 14.8 Å². The van der Waals surface area contributed by atoms with E-state index >= 15 is 0 Å². The summed E-state index contributed by atoms with van der Waals surface area (Å²) in [6.45, 7) is 16.4. The van der Waals surface area contributed by atoms with Gasteiger partial charge in [-0.25, -0.2) is 49.8 Å². The fraction of sp³-hybridized carbons (Fsp3) is 0.462. The Kier molecular flexibility index (Phi) is 69.6. The van der Waals surface area contributed by atoms with Crippen molar-refractivity contribution < 1.29 is 19.6 Å². The molecule has 32 nitrogen and oxygen atoms in total. The van der Waals surface area contributed by atoms with Gasteiger partial charge in [-0.2, -0.15) is 0 Å². The molecule has 5 heterocycles. The van der Waals surface area contributed by atoms with E-state index in [2.05, 4.69) is 160 Å². The van der Waals surface area contributed by atoms with Crippen LogP contribution in [0.1, 0.15) is 105 Å². The second-order valence-corrected chi connectivity index (χ2v) is 17.1. The summed E-state index contributed by atoms with van der Waals surface area (Å²) in [6.07, 6.45) is 13.2. The van der Waals surface area contributed by atoms with Crippen molar-refractivity contribution in [1.29, 1.82) is 0 Å². The van der Waals surface area contributed by atoms with Crippen LogP contribution in [0.25, 0.3) is 0 Å². The Morgan fingerprint density at radius 2 is 0.804 bits per heavy atom. The quantitative estimate of drug-likeness (QED) is 0.0413. The van der Waals surface area contributed by atoms with Crippen molar-refractivity contribution in [3.63, 3.8) is 0 Å². The van der Waals surface area contributed by atoms with E-state index in [1.165, 1.54) is 53.5 Å². The zero-order valence-electron chi connectivity index (χ0n) is 57.0. The van der Waals surface area contributed by atoms with Crippen molar-refractivity contribution in [2.24, 2.45) is 28.7 Å². The number of carbonyl (C=O) groups is 1. The van der Waals surface area contributed by atoms with Gasteiger partial charge in [-0.3, -0.25) is 35.1 Å². The molecule has 5 aromatic rings. The lowest BCUT2D eigenvalue weighted by Crippen LogP contribution is -2.15. The summed E-state index contributed by atoms with van der Waals surface area (Å²) in [6, 6.07) is 0. The number of hydrogen-bond acceptors (Lipinski definition) is 29. The zero-order chi connectivity index (χ0) is 72.6. The molecule has 32 heteroatoms. The molecule has 0 spiro atoms. The maximum Gasteiger partial charge on any atom is 0.353 e. The first-order valence-corrected chi connectivity index (χ1v) is 27.8. The third kappa shape index (κ3) is 41.0. The molecule has 14 N–H and O–H groups in total. The monoisotopic (exact) mass is 1350 g/mol. The minimum absolute atomic E-state index is 0. The van der Waals surface area contributed by atoms with Gasteiger partial charge in [0.25, 0.3) is 0 Å². The average molecular weight is 1350 g/mol. The van der Waals surface area contributed by atoms with Gasteiger partial charge >= 0.3 is 17.1 Å². The number of nitrogens with zero attached hydrogens (tertiary/aromatic N) is 17. The summed E-state index contributed by atoms with van der Waals surface area (Å²) in [5.74, 6) is 35.4. The van der Waals surface area contributed by atoms with E-state index in [4.69, 9.17) is 17.9 Å². The molecule has 0 bridgehead atoms. The number of ketones is 1. The number of nitro groups is 3. The SMILES string of the molecule is C.C.C.C.C#CC#CC#CC#CC#CC#CC#CC.CCC1C(=O)Cc2c1ncnc2N(C)C.CCN.CCNc1ncnc(N(C)C)c1N.CCNc1ncnc(N(C)C)c1[N+](=O)[O-].CN.CN.CN.CN.Cc1ncnc(C)c1[N+](=O)[O-].Cc1ncnc(N(C)C)c1[N+](=O)[O-]. The number of nitrogens with two attached hydrogens (primary N) is 6. The topological polar surface area (TPSA) is 469 Å². The lowest BCUT2D eigenvalue weighted by molar-refractivity contribution is -0.386. The summed E-state index contributed by atoms with van der Waals surface area (Å²) in [5, 5.41) is 37.8. The van der Waals surface area contributed by atoms with Crippen LogP contribution >= 0.6 is 0 Å². The molecule has 97 heavy (non-hydrogen) atoms. The zero-order valence-corrected chi connectivity index (χ0v) is 57.0. The summed E-state index contributed by atoms with van der Waals surface area (Å²) < 4.78 is 0. The minimum Gasteiger partial charge on any atom is -0.393 e. The molecule has 0 aliphatic heterocycles. The standard InChI is InChI=1S/C15H4.C11H15N3O.C8H13N5O2.C8H15N5.C7H10N4O2.C6H7N3O2.C2H7N.4CH5N.4CH4/c1-3-5-7-9-11-13-15-14-12-10-8-6-4-2;1-4-7-9(15)5-8-10(7)12-6-13-11(8)14(2)3;1-4-9-7-6(13(14)15)8(12(2)3)11-5-10-7;1-4-10-7-6(9)8(13(2)3)12-5-11-7;1-5-6(11(12)13)7(10(2)3)9-4-8-5;1-4-6(9(10)11)5(2)8-3-7-4;1-2-3;4*1-2;;;;/h1H,2H3;6-7H,4-5H2,1-3H3;5H,4H2,1-3H3,(H,9,10,11);5H,4,9H2,1-3H3,(H,10,11,12);4H,1-3H3;3H,1-2H3;2-3H2,1H3;4*2H2,1H3;4*1H4. The normalized spacial score (nSPS) is 9.20. The van der Waals surface area contributed by atoms with Crippen LogP contribution < -0.4 is 64.6 Å². The highest BCUT2D eigenvalue weighted by Gasteiger charge is 2.33. The van der Waals surface area contributed by atoms with Gasteiger partial charge in [0.05, 0.1) is 26.4 Å². The van der Waals surface area contributed by atoms with Gasteiger partial charge in [-0.05, 0) is 154 Å². The van der Waals surface area contributed by atoms with Crippen LogP contribution in [0.3, 0.4) is 0 Å². The number of rotatable bonds is 12. The first-order valence-electron chi connectivity index (χ1n) is 27.8. The number of fused-ring (bicyclic) bond motifs is 1. The Bertz CT molecular complexity index is 3490. The number of terminal acetylenes is 1. The van der Waals surface area contributed by atoms with Crippen LogP contribution in [0.4, 0.5) is 57.7 Å². The molecule has 5 aromatic heterocycles. The molecule has 0 aromatic carbocycles. The Hall–Kier alpha value is -11.4. The smallest absolute Gasteiger partial charge is 0.353 e. The highest BCUT2D eigenvalue weighted by Crippen LogP contribution is 2.35. The second kappa shape index (κ2) is 64.7.